The second-order valence-corrected chi connectivity index (χ2v) is 6.68. The minimum absolute atomic E-state index is 0.177. The van der Waals surface area contributed by atoms with E-state index < -0.39 is 29.0 Å². The Morgan fingerprint density at radius 3 is 2.33 bits per heavy atom. The number of carbonyl (C=O) groups is 2. The number of amides is 2. The lowest BCUT2D eigenvalue weighted by molar-refractivity contribution is -0.116. The zero-order valence-electron chi connectivity index (χ0n) is 15.9. The number of hydrogen-bond acceptors (Lipinski definition) is 2. The van der Waals surface area contributed by atoms with Crippen molar-refractivity contribution in [2.75, 3.05) is 18.9 Å². The highest BCUT2D eigenvalue weighted by atomic mass is 19.2. The molecule has 1 N–H and O–H groups in total. The van der Waals surface area contributed by atoms with E-state index >= 15 is 0 Å². The fraction of sp³-hybridized carbons (Fsp3) is 0.368. The van der Waals surface area contributed by atoms with Crippen molar-refractivity contribution in [1.82, 2.24) is 9.47 Å². The monoisotopic (exact) mass is 381 g/mol. The van der Waals surface area contributed by atoms with E-state index in [9.17, 15) is 22.8 Å². The predicted molar refractivity (Wildman–Crippen MR) is 96.2 cm³/mol. The zero-order chi connectivity index (χ0) is 20.5. The summed E-state index contributed by atoms with van der Waals surface area (Å²) in [4.78, 5) is 25.9. The molecule has 146 valence electrons. The molecular weight excluding hydrogens is 359 g/mol. The first-order valence-electron chi connectivity index (χ1n) is 8.41. The first-order valence-corrected chi connectivity index (χ1v) is 8.41. The number of rotatable bonds is 5. The van der Waals surface area contributed by atoms with Crippen LogP contribution in [0.15, 0.2) is 18.2 Å². The highest BCUT2D eigenvalue weighted by Crippen LogP contribution is 2.22. The van der Waals surface area contributed by atoms with Gasteiger partial charge in [-0.15, -0.1) is 0 Å². The van der Waals surface area contributed by atoms with Gasteiger partial charge in [-0.3, -0.25) is 9.59 Å². The van der Waals surface area contributed by atoms with E-state index in [4.69, 9.17) is 0 Å². The third-order valence-electron chi connectivity index (χ3n) is 4.27. The van der Waals surface area contributed by atoms with Crippen LogP contribution < -0.4 is 5.32 Å². The molecule has 0 unspecified atom stereocenters. The number of anilines is 1. The smallest absolute Gasteiger partial charge is 0.255 e. The Labute approximate surface area is 155 Å². The highest BCUT2D eigenvalue weighted by Gasteiger charge is 2.22. The normalized spacial score (nSPS) is 11.0. The van der Waals surface area contributed by atoms with E-state index in [1.54, 1.807) is 6.07 Å². The number of nitrogens with one attached hydrogen (secondary N) is 1. The lowest BCUT2D eigenvalue weighted by Crippen LogP contribution is -2.35. The third-order valence-corrected chi connectivity index (χ3v) is 4.27. The maximum atomic E-state index is 13.6. The second kappa shape index (κ2) is 7.85. The molecule has 0 saturated heterocycles. The molecule has 1 aromatic heterocycles. The van der Waals surface area contributed by atoms with Crippen molar-refractivity contribution in [3.63, 3.8) is 0 Å². The third kappa shape index (κ3) is 4.15. The summed E-state index contributed by atoms with van der Waals surface area (Å²) in [6.45, 7) is 7.35. The van der Waals surface area contributed by atoms with E-state index in [-0.39, 0.29) is 18.5 Å². The van der Waals surface area contributed by atoms with Crippen molar-refractivity contribution in [3.8, 4) is 0 Å². The summed E-state index contributed by atoms with van der Waals surface area (Å²) in [7, 11) is 1.44. The van der Waals surface area contributed by atoms with E-state index in [0.717, 1.165) is 17.5 Å². The van der Waals surface area contributed by atoms with Crippen molar-refractivity contribution < 1.29 is 22.8 Å². The van der Waals surface area contributed by atoms with Gasteiger partial charge >= 0.3 is 0 Å². The molecule has 0 radical (unpaired) electrons. The van der Waals surface area contributed by atoms with Crippen LogP contribution in [0, 0.1) is 31.3 Å². The molecule has 0 atom stereocenters. The van der Waals surface area contributed by atoms with E-state index in [1.807, 2.05) is 32.3 Å². The average Bonchev–Trinajstić information content (AvgIpc) is 2.89. The Balaban J connectivity index is 2.12. The van der Waals surface area contributed by atoms with Crippen molar-refractivity contribution >= 4 is 17.5 Å². The number of carbonyl (C=O) groups excluding carboxylic acids is 2. The van der Waals surface area contributed by atoms with Gasteiger partial charge in [0.1, 0.15) is 0 Å². The molecule has 0 saturated carbocycles. The Morgan fingerprint density at radius 2 is 1.78 bits per heavy atom. The second-order valence-electron chi connectivity index (χ2n) is 6.68. The molecule has 0 fully saturated rings. The molecule has 8 heteroatoms. The van der Waals surface area contributed by atoms with Crippen molar-refractivity contribution in [2.45, 2.75) is 33.7 Å². The van der Waals surface area contributed by atoms with Crippen LogP contribution in [0.2, 0.25) is 0 Å². The zero-order valence-corrected chi connectivity index (χ0v) is 15.9. The number of aryl methyl sites for hydroxylation is 1. The van der Waals surface area contributed by atoms with E-state index in [2.05, 4.69) is 5.32 Å². The topological polar surface area (TPSA) is 54.3 Å². The molecule has 2 amide bonds. The Hall–Kier alpha value is -2.77. The molecule has 1 heterocycles. The largest absolute Gasteiger partial charge is 0.346 e. The van der Waals surface area contributed by atoms with Gasteiger partial charge in [-0.1, -0.05) is 0 Å². The van der Waals surface area contributed by atoms with Gasteiger partial charge in [-0.2, -0.15) is 0 Å². The molecule has 1 aromatic carbocycles. The quantitative estimate of drug-likeness (QED) is 0.801. The molecule has 0 spiro atoms. The minimum atomic E-state index is -1.67. The van der Waals surface area contributed by atoms with Gasteiger partial charge in [0.15, 0.2) is 17.5 Å². The summed E-state index contributed by atoms with van der Waals surface area (Å²) in [5.74, 6) is -5.60. The minimum Gasteiger partial charge on any atom is -0.346 e. The lowest BCUT2D eigenvalue weighted by atomic mass is 10.2. The van der Waals surface area contributed by atoms with E-state index in [0.29, 0.717) is 11.6 Å². The summed E-state index contributed by atoms with van der Waals surface area (Å²) >= 11 is 0. The number of nitrogens with zero attached hydrogens (tertiary/aromatic N) is 2. The van der Waals surface area contributed by atoms with Crippen LogP contribution >= 0.6 is 0 Å². The molecule has 5 nitrogen and oxygen atoms in total. The predicted octanol–water partition coefficient (Wildman–Crippen LogP) is 3.81. The number of hydrogen-bond donors (Lipinski definition) is 1. The molecular formula is C19H22F3N3O2. The first-order chi connectivity index (χ1) is 12.5. The van der Waals surface area contributed by atoms with Crippen LogP contribution in [0.1, 0.15) is 41.6 Å². The molecule has 0 aliphatic rings. The number of halogens is 3. The van der Waals surface area contributed by atoms with Gasteiger partial charge in [0.25, 0.3) is 5.91 Å². The fourth-order valence-corrected chi connectivity index (χ4v) is 3.09. The summed E-state index contributed by atoms with van der Waals surface area (Å²) in [6.07, 6.45) is 0. The van der Waals surface area contributed by atoms with Crippen LogP contribution in [-0.4, -0.2) is 34.9 Å². The fourth-order valence-electron chi connectivity index (χ4n) is 3.09. The first kappa shape index (κ1) is 20.5. The molecule has 27 heavy (non-hydrogen) atoms. The van der Waals surface area contributed by atoms with Crippen LogP contribution in [-0.2, 0) is 4.79 Å². The van der Waals surface area contributed by atoms with Gasteiger partial charge in [0.2, 0.25) is 5.91 Å². The molecule has 2 aromatic rings. The summed E-state index contributed by atoms with van der Waals surface area (Å²) in [5, 5.41) is 2.15. The summed E-state index contributed by atoms with van der Waals surface area (Å²) in [5.41, 5.74) is 1.69. The van der Waals surface area contributed by atoms with Gasteiger partial charge in [-0.25, -0.2) is 13.2 Å². The standard InChI is InChI=1S/C19H22F3N3O2/c1-10(2)25-11(3)8-13(12(25)4)19(27)24(5)9-16(26)23-15-7-6-14(20)17(21)18(15)22/h6-8,10H,9H2,1-5H3,(H,23,26). The molecule has 0 aliphatic carbocycles. The lowest BCUT2D eigenvalue weighted by Gasteiger charge is -2.18. The van der Waals surface area contributed by atoms with Crippen molar-refractivity contribution in [2.24, 2.45) is 0 Å². The Morgan fingerprint density at radius 1 is 1.15 bits per heavy atom. The molecule has 0 bridgehead atoms. The van der Waals surface area contributed by atoms with Crippen molar-refractivity contribution in [1.29, 1.82) is 0 Å². The van der Waals surface area contributed by atoms with Gasteiger partial charge < -0.3 is 14.8 Å². The average molecular weight is 381 g/mol. The Kier molecular flexibility index (Phi) is 5.98. The van der Waals surface area contributed by atoms with Crippen LogP contribution in [0.4, 0.5) is 18.9 Å². The van der Waals surface area contributed by atoms with E-state index in [1.165, 1.54) is 11.9 Å². The Bertz CT molecular complexity index is 891. The molecule has 0 aliphatic heterocycles. The van der Waals surface area contributed by atoms with Gasteiger partial charge in [-0.05, 0) is 45.9 Å². The SMILES string of the molecule is Cc1cc(C(=O)N(C)CC(=O)Nc2ccc(F)c(F)c2F)c(C)n1C(C)C. The van der Waals surface area contributed by atoms with Gasteiger partial charge in [0, 0.05) is 24.5 Å². The van der Waals surface area contributed by atoms with Crippen molar-refractivity contribution in [3.05, 3.63) is 52.6 Å². The summed E-state index contributed by atoms with van der Waals surface area (Å²) < 4.78 is 41.8. The van der Waals surface area contributed by atoms with Gasteiger partial charge in [0.05, 0.1) is 17.8 Å². The number of benzene rings is 1. The molecule has 2 rings (SSSR count). The maximum Gasteiger partial charge on any atom is 0.255 e. The van der Waals surface area contributed by atoms with Crippen LogP contribution in [0.5, 0.6) is 0 Å². The maximum absolute atomic E-state index is 13.6. The highest BCUT2D eigenvalue weighted by molar-refractivity contribution is 6.00. The van der Waals surface area contributed by atoms with Crippen LogP contribution in [0.25, 0.3) is 0 Å². The number of likely N-dealkylation sites (N-methyl/N-ethyl adjacent to an activating group) is 1. The summed E-state index contributed by atoms with van der Waals surface area (Å²) in [6, 6.07) is 3.56. The number of aromatic nitrogens is 1. The van der Waals surface area contributed by atoms with Crippen LogP contribution in [0.3, 0.4) is 0 Å².